The topological polar surface area (TPSA) is 42.3 Å². The molecule has 6 heteroatoms. The van der Waals surface area contributed by atoms with Gasteiger partial charge < -0.3 is 4.57 Å². The molecular weight excluding hydrogens is 291 g/mol. The summed E-state index contributed by atoms with van der Waals surface area (Å²) in [5.74, 6) is -0.451. The van der Waals surface area contributed by atoms with E-state index in [4.69, 9.17) is 0 Å². The molecule has 0 fully saturated rings. The minimum Gasteiger partial charge on any atom is -0.353 e. The molecule has 114 valence electrons. The van der Waals surface area contributed by atoms with Gasteiger partial charge in [-0.1, -0.05) is 0 Å². The SMILES string of the molecule is CC(C)N(Cc1cccn1C)S(=O)(=O)c1ccc(F)cc1. The molecule has 0 saturated heterocycles. The Bertz CT molecular complexity index is 706. The Kier molecular flexibility index (Phi) is 4.49. The Hall–Kier alpha value is -1.66. The molecule has 1 aromatic heterocycles. The summed E-state index contributed by atoms with van der Waals surface area (Å²) in [5, 5.41) is 0. The number of hydrogen-bond donors (Lipinski definition) is 0. The average molecular weight is 310 g/mol. The van der Waals surface area contributed by atoms with Crippen LogP contribution in [0.5, 0.6) is 0 Å². The Morgan fingerprint density at radius 1 is 1.19 bits per heavy atom. The van der Waals surface area contributed by atoms with E-state index in [1.54, 1.807) is 0 Å². The number of halogens is 1. The van der Waals surface area contributed by atoms with Crippen LogP contribution in [-0.4, -0.2) is 23.3 Å². The Balaban J connectivity index is 2.37. The van der Waals surface area contributed by atoms with Crippen LogP contribution in [0.1, 0.15) is 19.5 Å². The molecule has 1 aromatic carbocycles. The maximum absolute atomic E-state index is 13.0. The molecule has 4 nitrogen and oxygen atoms in total. The molecule has 2 rings (SSSR count). The Labute approximate surface area is 124 Å². The Morgan fingerprint density at radius 3 is 2.29 bits per heavy atom. The first-order valence-electron chi connectivity index (χ1n) is 6.70. The maximum atomic E-state index is 13.0. The first kappa shape index (κ1) is 15.7. The van der Waals surface area contributed by atoms with E-state index in [-0.39, 0.29) is 17.5 Å². The van der Waals surface area contributed by atoms with E-state index in [0.29, 0.717) is 0 Å². The van der Waals surface area contributed by atoms with Gasteiger partial charge in [-0.25, -0.2) is 12.8 Å². The van der Waals surface area contributed by atoms with E-state index >= 15 is 0 Å². The zero-order chi connectivity index (χ0) is 15.6. The number of aryl methyl sites for hydroxylation is 1. The quantitative estimate of drug-likeness (QED) is 0.852. The summed E-state index contributed by atoms with van der Waals surface area (Å²) in [6, 6.07) is 8.47. The highest BCUT2D eigenvalue weighted by Crippen LogP contribution is 2.21. The third kappa shape index (κ3) is 3.33. The second kappa shape index (κ2) is 5.99. The van der Waals surface area contributed by atoms with Gasteiger partial charge in [-0.05, 0) is 50.2 Å². The monoisotopic (exact) mass is 310 g/mol. The van der Waals surface area contributed by atoms with E-state index in [1.807, 2.05) is 43.8 Å². The predicted octanol–water partition coefficient (Wildman–Crippen LogP) is 2.76. The van der Waals surface area contributed by atoms with Crippen molar-refractivity contribution in [1.82, 2.24) is 8.87 Å². The van der Waals surface area contributed by atoms with Gasteiger partial charge in [-0.2, -0.15) is 4.31 Å². The lowest BCUT2D eigenvalue weighted by Gasteiger charge is -2.26. The van der Waals surface area contributed by atoms with Crippen molar-refractivity contribution in [3.05, 3.63) is 54.1 Å². The number of benzene rings is 1. The molecule has 0 unspecified atom stereocenters. The molecule has 0 saturated carbocycles. The summed E-state index contributed by atoms with van der Waals surface area (Å²) in [5.41, 5.74) is 0.898. The minimum absolute atomic E-state index is 0.104. The number of hydrogen-bond acceptors (Lipinski definition) is 2. The zero-order valence-corrected chi connectivity index (χ0v) is 13.1. The van der Waals surface area contributed by atoms with Crippen molar-refractivity contribution >= 4 is 10.0 Å². The maximum Gasteiger partial charge on any atom is 0.243 e. The number of aromatic nitrogens is 1. The molecule has 0 amide bonds. The molecule has 0 aliphatic carbocycles. The highest BCUT2D eigenvalue weighted by molar-refractivity contribution is 7.89. The highest BCUT2D eigenvalue weighted by Gasteiger charge is 2.27. The van der Waals surface area contributed by atoms with Crippen molar-refractivity contribution in [2.24, 2.45) is 7.05 Å². The van der Waals surface area contributed by atoms with Crippen molar-refractivity contribution in [3.8, 4) is 0 Å². The standard InChI is InChI=1S/C15H19FN2O2S/c1-12(2)18(11-14-5-4-10-17(14)3)21(19,20)15-8-6-13(16)7-9-15/h4-10,12H,11H2,1-3H3. The number of rotatable bonds is 5. The van der Waals surface area contributed by atoms with Gasteiger partial charge >= 0.3 is 0 Å². The summed E-state index contributed by atoms with van der Waals surface area (Å²) >= 11 is 0. The largest absolute Gasteiger partial charge is 0.353 e. The fourth-order valence-electron chi connectivity index (χ4n) is 2.11. The molecule has 0 radical (unpaired) electrons. The number of sulfonamides is 1. The van der Waals surface area contributed by atoms with Crippen LogP contribution >= 0.6 is 0 Å². The molecular formula is C15H19FN2O2S. The van der Waals surface area contributed by atoms with E-state index in [0.717, 1.165) is 17.8 Å². The lowest BCUT2D eigenvalue weighted by Crippen LogP contribution is -2.36. The van der Waals surface area contributed by atoms with E-state index < -0.39 is 15.8 Å². The summed E-state index contributed by atoms with van der Waals surface area (Å²) < 4.78 is 41.7. The van der Waals surface area contributed by atoms with Crippen molar-refractivity contribution in [1.29, 1.82) is 0 Å². The molecule has 21 heavy (non-hydrogen) atoms. The van der Waals surface area contributed by atoms with Crippen LogP contribution < -0.4 is 0 Å². The van der Waals surface area contributed by atoms with Crippen LogP contribution in [0.3, 0.4) is 0 Å². The van der Waals surface area contributed by atoms with E-state index in [9.17, 15) is 12.8 Å². The summed E-state index contributed by atoms with van der Waals surface area (Å²) in [6.45, 7) is 3.93. The predicted molar refractivity (Wildman–Crippen MR) is 79.7 cm³/mol. The van der Waals surface area contributed by atoms with Crippen LogP contribution in [0, 0.1) is 5.82 Å². The zero-order valence-electron chi connectivity index (χ0n) is 12.3. The van der Waals surface area contributed by atoms with Gasteiger partial charge in [0.05, 0.1) is 11.4 Å². The second-order valence-corrected chi connectivity index (χ2v) is 7.10. The van der Waals surface area contributed by atoms with Crippen LogP contribution in [-0.2, 0) is 23.6 Å². The molecule has 0 aliphatic rings. The van der Waals surface area contributed by atoms with Gasteiger partial charge in [0.1, 0.15) is 5.82 Å². The Morgan fingerprint density at radius 2 is 1.81 bits per heavy atom. The summed E-state index contributed by atoms with van der Waals surface area (Å²) in [6.07, 6.45) is 1.87. The van der Waals surface area contributed by atoms with E-state index in [2.05, 4.69) is 0 Å². The molecule has 0 aliphatic heterocycles. The lowest BCUT2D eigenvalue weighted by molar-refractivity contribution is 0.341. The molecule has 2 aromatic rings. The van der Waals surface area contributed by atoms with Crippen molar-refractivity contribution in [2.45, 2.75) is 31.3 Å². The second-order valence-electron chi connectivity index (χ2n) is 5.21. The normalized spacial score (nSPS) is 12.3. The third-order valence-electron chi connectivity index (χ3n) is 3.37. The molecule has 0 spiro atoms. The van der Waals surface area contributed by atoms with Gasteiger partial charge in [0.15, 0.2) is 0 Å². The highest BCUT2D eigenvalue weighted by atomic mass is 32.2. The molecule has 1 heterocycles. The van der Waals surface area contributed by atoms with Gasteiger partial charge in [0.2, 0.25) is 10.0 Å². The first-order chi connectivity index (χ1) is 9.82. The van der Waals surface area contributed by atoms with Crippen LogP contribution in [0.2, 0.25) is 0 Å². The van der Waals surface area contributed by atoms with Crippen molar-refractivity contribution < 1.29 is 12.8 Å². The summed E-state index contributed by atoms with van der Waals surface area (Å²) in [4.78, 5) is 0.104. The first-order valence-corrected chi connectivity index (χ1v) is 8.14. The van der Waals surface area contributed by atoms with Gasteiger partial charge in [0.25, 0.3) is 0 Å². The smallest absolute Gasteiger partial charge is 0.243 e. The van der Waals surface area contributed by atoms with Crippen LogP contribution in [0.25, 0.3) is 0 Å². The van der Waals surface area contributed by atoms with Gasteiger partial charge in [-0.15, -0.1) is 0 Å². The van der Waals surface area contributed by atoms with Gasteiger partial charge in [-0.3, -0.25) is 0 Å². The summed E-state index contributed by atoms with van der Waals surface area (Å²) in [7, 11) is -1.78. The third-order valence-corrected chi connectivity index (χ3v) is 5.40. The van der Waals surface area contributed by atoms with E-state index in [1.165, 1.54) is 16.4 Å². The van der Waals surface area contributed by atoms with Crippen LogP contribution in [0.15, 0.2) is 47.5 Å². The molecule has 0 N–H and O–H groups in total. The average Bonchev–Trinajstić information content (AvgIpc) is 2.81. The fraction of sp³-hybridized carbons (Fsp3) is 0.333. The minimum atomic E-state index is -3.66. The van der Waals surface area contributed by atoms with Gasteiger partial charge in [0, 0.05) is 25.0 Å². The lowest BCUT2D eigenvalue weighted by atomic mass is 10.3. The molecule has 0 bridgehead atoms. The van der Waals surface area contributed by atoms with Crippen LogP contribution in [0.4, 0.5) is 4.39 Å². The van der Waals surface area contributed by atoms with Crippen molar-refractivity contribution in [2.75, 3.05) is 0 Å². The fourth-order valence-corrected chi connectivity index (χ4v) is 3.72. The number of nitrogens with zero attached hydrogens (tertiary/aromatic N) is 2. The van der Waals surface area contributed by atoms with Crippen molar-refractivity contribution in [3.63, 3.8) is 0 Å². The molecule has 0 atom stereocenters.